The fourth-order valence-corrected chi connectivity index (χ4v) is 3.77. The van der Waals surface area contributed by atoms with Crippen molar-refractivity contribution in [1.82, 2.24) is 9.55 Å². The Morgan fingerprint density at radius 1 is 1.18 bits per heavy atom. The second kappa shape index (κ2) is 7.59. The van der Waals surface area contributed by atoms with Gasteiger partial charge in [0.2, 0.25) is 11.8 Å². The number of nitrogens with zero attached hydrogens (tertiary/aromatic N) is 3. The molecule has 0 unspecified atom stereocenters. The molecule has 0 radical (unpaired) electrons. The average Bonchev–Trinajstić information content (AvgIpc) is 3.26. The first kappa shape index (κ1) is 18.4. The summed E-state index contributed by atoms with van der Waals surface area (Å²) in [5.74, 6) is -0.00673. The first-order valence-electron chi connectivity index (χ1n) is 8.96. The molecule has 1 N–H and O–H groups in total. The van der Waals surface area contributed by atoms with Crippen molar-refractivity contribution in [2.45, 2.75) is 6.42 Å². The molecule has 6 nitrogen and oxygen atoms in total. The van der Waals surface area contributed by atoms with E-state index in [1.54, 1.807) is 15.8 Å². The SMILES string of the molecule is Cn1cnc(-c2ccccc2)c1NC(=O)[C@H]1CC(=O)N(c2cccc(Br)c2)C1. The molecule has 3 aromatic rings. The Bertz CT molecular complexity index is 1030. The van der Waals surface area contributed by atoms with Gasteiger partial charge in [0, 0.05) is 35.7 Å². The van der Waals surface area contributed by atoms with E-state index >= 15 is 0 Å². The highest BCUT2D eigenvalue weighted by molar-refractivity contribution is 9.10. The number of aromatic nitrogens is 2. The Morgan fingerprint density at radius 3 is 2.71 bits per heavy atom. The quantitative estimate of drug-likeness (QED) is 0.672. The maximum Gasteiger partial charge on any atom is 0.230 e. The van der Waals surface area contributed by atoms with Gasteiger partial charge < -0.3 is 14.8 Å². The summed E-state index contributed by atoms with van der Waals surface area (Å²) in [5, 5.41) is 2.98. The van der Waals surface area contributed by atoms with Crippen molar-refractivity contribution < 1.29 is 9.59 Å². The fraction of sp³-hybridized carbons (Fsp3) is 0.190. The molecular weight excluding hydrogens is 420 g/mol. The predicted molar refractivity (Wildman–Crippen MR) is 112 cm³/mol. The second-order valence-electron chi connectivity index (χ2n) is 6.79. The van der Waals surface area contributed by atoms with Crippen LogP contribution < -0.4 is 10.2 Å². The minimum atomic E-state index is -0.412. The van der Waals surface area contributed by atoms with E-state index in [0.29, 0.717) is 18.1 Å². The molecule has 0 aliphatic carbocycles. The van der Waals surface area contributed by atoms with E-state index in [1.165, 1.54) is 0 Å². The Hall–Kier alpha value is -2.93. The summed E-state index contributed by atoms with van der Waals surface area (Å²) in [4.78, 5) is 31.5. The van der Waals surface area contributed by atoms with Gasteiger partial charge >= 0.3 is 0 Å². The number of rotatable bonds is 4. The Morgan fingerprint density at radius 2 is 1.96 bits per heavy atom. The summed E-state index contributed by atoms with van der Waals surface area (Å²) in [6.07, 6.45) is 1.86. The zero-order chi connectivity index (χ0) is 19.7. The van der Waals surface area contributed by atoms with Crippen LogP contribution in [0.2, 0.25) is 0 Å². The third-order valence-corrected chi connectivity index (χ3v) is 5.33. The first-order valence-corrected chi connectivity index (χ1v) is 9.76. The van der Waals surface area contributed by atoms with Crippen molar-refractivity contribution in [1.29, 1.82) is 0 Å². The molecule has 4 rings (SSSR count). The summed E-state index contributed by atoms with van der Waals surface area (Å²) in [6.45, 7) is 0.361. The van der Waals surface area contributed by atoms with Gasteiger partial charge in [-0.25, -0.2) is 4.98 Å². The number of imidazole rings is 1. The van der Waals surface area contributed by atoms with E-state index in [1.807, 2.05) is 61.6 Å². The average molecular weight is 439 g/mol. The monoisotopic (exact) mass is 438 g/mol. The molecule has 1 atom stereocenters. The van der Waals surface area contributed by atoms with Gasteiger partial charge in [0.25, 0.3) is 0 Å². The Kier molecular flexibility index (Phi) is 5.00. The molecule has 2 amide bonds. The maximum absolute atomic E-state index is 12.9. The molecule has 2 aromatic carbocycles. The smallest absolute Gasteiger partial charge is 0.230 e. The molecule has 0 spiro atoms. The van der Waals surface area contributed by atoms with Crippen molar-refractivity contribution in [3.05, 3.63) is 65.4 Å². The van der Waals surface area contributed by atoms with Crippen LogP contribution in [-0.4, -0.2) is 27.9 Å². The topological polar surface area (TPSA) is 67.2 Å². The number of aryl methyl sites for hydroxylation is 1. The van der Waals surface area contributed by atoms with Crippen molar-refractivity contribution in [3.8, 4) is 11.3 Å². The molecular formula is C21H19BrN4O2. The number of hydrogen-bond acceptors (Lipinski definition) is 3. The van der Waals surface area contributed by atoms with Crippen LogP contribution in [0.25, 0.3) is 11.3 Å². The van der Waals surface area contributed by atoms with E-state index in [2.05, 4.69) is 26.2 Å². The number of carbonyl (C=O) groups is 2. The van der Waals surface area contributed by atoms with Crippen molar-refractivity contribution >= 4 is 39.2 Å². The predicted octanol–water partition coefficient (Wildman–Crippen LogP) is 3.84. The van der Waals surface area contributed by atoms with Crippen LogP contribution in [0.5, 0.6) is 0 Å². The van der Waals surface area contributed by atoms with Crippen molar-refractivity contribution in [2.75, 3.05) is 16.8 Å². The van der Waals surface area contributed by atoms with E-state index in [4.69, 9.17) is 0 Å². The zero-order valence-corrected chi connectivity index (χ0v) is 16.9. The van der Waals surface area contributed by atoms with Gasteiger partial charge in [0.15, 0.2) is 0 Å². The van der Waals surface area contributed by atoms with E-state index in [0.717, 1.165) is 15.7 Å². The molecule has 1 fully saturated rings. The van der Waals surface area contributed by atoms with E-state index in [-0.39, 0.29) is 18.2 Å². The number of nitrogens with one attached hydrogen (secondary N) is 1. The van der Waals surface area contributed by atoms with Gasteiger partial charge in [0.05, 0.1) is 12.2 Å². The van der Waals surface area contributed by atoms with Gasteiger partial charge in [-0.2, -0.15) is 0 Å². The summed E-state index contributed by atoms with van der Waals surface area (Å²) in [5.41, 5.74) is 2.43. The van der Waals surface area contributed by atoms with Gasteiger partial charge in [-0.3, -0.25) is 9.59 Å². The molecule has 28 heavy (non-hydrogen) atoms. The molecule has 0 saturated carbocycles. The Labute approximate surface area is 171 Å². The number of anilines is 2. The standard InChI is InChI=1S/C21H19BrN4O2/c1-25-13-23-19(14-6-3-2-4-7-14)20(25)24-21(28)15-10-18(27)26(12-15)17-9-5-8-16(22)11-17/h2-9,11,13,15H,10,12H2,1H3,(H,24,28)/t15-/m0/s1. The van der Waals surface area contributed by atoms with E-state index in [9.17, 15) is 9.59 Å². The highest BCUT2D eigenvalue weighted by Gasteiger charge is 2.35. The third-order valence-electron chi connectivity index (χ3n) is 4.84. The summed E-state index contributed by atoms with van der Waals surface area (Å²) in [6, 6.07) is 17.2. The van der Waals surface area contributed by atoms with Crippen molar-refractivity contribution in [3.63, 3.8) is 0 Å². The summed E-state index contributed by atoms with van der Waals surface area (Å²) < 4.78 is 2.68. The molecule has 0 bridgehead atoms. The highest BCUT2D eigenvalue weighted by Crippen LogP contribution is 2.30. The lowest BCUT2D eigenvalue weighted by Crippen LogP contribution is -2.28. The fourth-order valence-electron chi connectivity index (χ4n) is 3.38. The number of hydrogen-bond donors (Lipinski definition) is 1. The molecule has 7 heteroatoms. The third kappa shape index (κ3) is 3.57. The number of amides is 2. The minimum Gasteiger partial charge on any atom is -0.320 e. The normalized spacial score (nSPS) is 16.4. The lowest BCUT2D eigenvalue weighted by Gasteiger charge is -2.17. The van der Waals surface area contributed by atoms with Crippen LogP contribution >= 0.6 is 15.9 Å². The number of carbonyl (C=O) groups excluding carboxylic acids is 2. The maximum atomic E-state index is 12.9. The van der Waals surface area contributed by atoms with Crippen LogP contribution in [0.4, 0.5) is 11.5 Å². The van der Waals surface area contributed by atoms with E-state index < -0.39 is 5.92 Å². The Balaban J connectivity index is 1.53. The summed E-state index contributed by atoms with van der Waals surface area (Å²) in [7, 11) is 1.84. The number of benzene rings is 2. The van der Waals surface area contributed by atoms with Crippen LogP contribution in [0, 0.1) is 5.92 Å². The van der Waals surface area contributed by atoms with Gasteiger partial charge in [0.1, 0.15) is 11.5 Å². The van der Waals surface area contributed by atoms with Crippen LogP contribution in [0.1, 0.15) is 6.42 Å². The highest BCUT2D eigenvalue weighted by atomic mass is 79.9. The molecule has 1 aliphatic rings. The van der Waals surface area contributed by atoms with Crippen molar-refractivity contribution in [2.24, 2.45) is 13.0 Å². The minimum absolute atomic E-state index is 0.0495. The largest absolute Gasteiger partial charge is 0.320 e. The van der Waals surface area contributed by atoms with Crippen LogP contribution in [0.15, 0.2) is 65.4 Å². The van der Waals surface area contributed by atoms with Gasteiger partial charge in [-0.1, -0.05) is 52.3 Å². The molecule has 1 aromatic heterocycles. The first-order chi connectivity index (χ1) is 13.5. The van der Waals surface area contributed by atoms with Gasteiger partial charge in [-0.05, 0) is 18.2 Å². The zero-order valence-electron chi connectivity index (χ0n) is 15.3. The molecule has 1 aliphatic heterocycles. The van der Waals surface area contributed by atoms with Gasteiger partial charge in [-0.15, -0.1) is 0 Å². The molecule has 2 heterocycles. The summed E-state index contributed by atoms with van der Waals surface area (Å²) >= 11 is 3.42. The lowest BCUT2D eigenvalue weighted by atomic mass is 10.1. The molecule has 142 valence electrons. The van der Waals surface area contributed by atoms with Crippen LogP contribution in [0.3, 0.4) is 0 Å². The molecule has 1 saturated heterocycles. The van der Waals surface area contributed by atoms with Crippen LogP contribution in [-0.2, 0) is 16.6 Å². The number of halogens is 1. The lowest BCUT2D eigenvalue weighted by molar-refractivity contribution is -0.122. The second-order valence-corrected chi connectivity index (χ2v) is 7.71.